The van der Waals surface area contributed by atoms with Gasteiger partial charge < -0.3 is 15.2 Å². The number of carbonyl (C=O) groups excluding carboxylic acids is 1. The van der Waals surface area contributed by atoms with Gasteiger partial charge in [0.2, 0.25) is 0 Å². The first-order valence-corrected chi connectivity index (χ1v) is 6.14. The fraction of sp³-hybridized carbons (Fsp3) is 0.400. The minimum absolute atomic E-state index is 0.130. The summed E-state index contributed by atoms with van der Waals surface area (Å²) in [5, 5.41) is 11.6. The Kier molecular flexibility index (Phi) is 3.66. The third kappa shape index (κ3) is 2.77. The van der Waals surface area contributed by atoms with Crippen LogP contribution in [0.4, 0.5) is 0 Å². The van der Waals surface area contributed by atoms with Gasteiger partial charge in [-0.25, -0.2) is 0 Å². The van der Waals surface area contributed by atoms with Gasteiger partial charge >= 0.3 is 5.97 Å². The zero-order valence-electron chi connectivity index (χ0n) is 8.68. The summed E-state index contributed by atoms with van der Waals surface area (Å²) < 4.78 is 5.58. The van der Waals surface area contributed by atoms with Crippen LogP contribution >= 0.6 is 22.9 Å². The Morgan fingerprint density at radius 2 is 2.24 bits per heavy atom. The van der Waals surface area contributed by atoms with Crippen LogP contribution in [0.25, 0.3) is 0 Å². The molecule has 2 heterocycles. The summed E-state index contributed by atoms with van der Waals surface area (Å²) in [5.41, 5.74) is 0. The predicted octanol–water partition coefficient (Wildman–Crippen LogP) is 1.23. The van der Waals surface area contributed by atoms with Crippen molar-refractivity contribution in [3.05, 3.63) is 21.3 Å². The second kappa shape index (κ2) is 5.03. The normalized spacial score (nSPS) is 23.6. The average molecular weight is 276 g/mol. The number of aliphatic carboxylic acids is 1. The van der Waals surface area contributed by atoms with Crippen molar-refractivity contribution in [2.75, 3.05) is 13.2 Å². The lowest BCUT2D eigenvalue weighted by Crippen LogP contribution is -2.42. The van der Waals surface area contributed by atoms with E-state index in [4.69, 9.17) is 21.4 Å². The molecule has 0 aliphatic carbocycles. The van der Waals surface area contributed by atoms with E-state index in [0.717, 1.165) is 11.3 Å². The molecule has 0 saturated carbocycles. The van der Waals surface area contributed by atoms with E-state index >= 15 is 0 Å². The van der Waals surface area contributed by atoms with E-state index in [1.807, 2.05) is 0 Å². The fourth-order valence-electron chi connectivity index (χ4n) is 1.62. The largest absolute Gasteiger partial charge is 0.481 e. The molecule has 5 nitrogen and oxygen atoms in total. The summed E-state index contributed by atoms with van der Waals surface area (Å²) >= 11 is 6.87. The summed E-state index contributed by atoms with van der Waals surface area (Å²) in [5.74, 6) is -1.96. The summed E-state index contributed by atoms with van der Waals surface area (Å²) in [7, 11) is 0. The Labute approximate surface area is 106 Å². The third-order valence-electron chi connectivity index (χ3n) is 2.51. The molecule has 1 aromatic heterocycles. The quantitative estimate of drug-likeness (QED) is 0.870. The lowest BCUT2D eigenvalue weighted by molar-refractivity contribution is -0.142. The maximum absolute atomic E-state index is 11.8. The third-order valence-corrected chi connectivity index (χ3v) is 3.74. The number of carboxylic acids is 1. The first kappa shape index (κ1) is 12.3. The van der Waals surface area contributed by atoms with Gasteiger partial charge in [-0.2, -0.15) is 0 Å². The van der Waals surface area contributed by atoms with Crippen molar-refractivity contribution < 1.29 is 19.4 Å². The van der Waals surface area contributed by atoms with Crippen LogP contribution in [0.15, 0.2) is 12.1 Å². The minimum Gasteiger partial charge on any atom is -0.481 e. The molecule has 1 aliphatic heterocycles. The van der Waals surface area contributed by atoms with Crippen LogP contribution in [0.3, 0.4) is 0 Å². The SMILES string of the molecule is O=C(N[C@@H]1COC[C@@H]1C(=O)O)c1ccc(Cl)s1. The Balaban J connectivity index is 2.01. The van der Waals surface area contributed by atoms with Crippen LogP contribution in [0.2, 0.25) is 4.34 Å². The van der Waals surface area contributed by atoms with Gasteiger partial charge in [0.05, 0.1) is 28.5 Å². The van der Waals surface area contributed by atoms with Crippen LogP contribution in [-0.4, -0.2) is 36.2 Å². The molecular weight excluding hydrogens is 266 g/mol. The minimum atomic E-state index is -0.961. The zero-order chi connectivity index (χ0) is 12.4. The second-order valence-corrected chi connectivity index (χ2v) is 5.38. The monoisotopic (exact) mass is 275 g/mol. The highest BCUT2D eigenvalue weighted by Gasteiger charge is 2.35. The van der Waals surface area contributed by atoms with E-state index < -0.39 is 17.9 Å². The fourth-order valence-corrected chi connectivity index (χ4v) is 2.56. The maximum atomic E-state index is 11.8. The number of hydrogen-bond donors (Lipinski definition) is 2. The molecule has 1 amide bonds. The van der Waals surface area contributed by atoms with Crippen molar-refractivity contribution in [1.82, 2.24) is 5.32 Å². The lowest BCUT2D eigenvalue weighted by Gasteiger charge is -2.14. The molecule has 17 heavy (non-hydrogen) atoms. The van der Waals surface area contributed by atoms with Gasteiger partial charge in [0, 0.05) is 0 Å². The van der Waals surface area contributed by atoms with Gasteiger partial charge in [0.1, 0.15) is 5.92 Å². The number of ether oxygens (including phenoxy) is 1. The standard InChI is InChI=1S/C10H10ClNO4S/c11-8-2-1-7(17-8)9(13)12-6-4-16-3-5(6)10(14)15/h1-2,5-6H,3-4H2,(H,12,13)(H,14,15)/t5-,6+/m0/s1. The van der Waals surface area contributed by atoms with Crippen molar-refractivity contribution >= 4 is 34.8 Å². The Hall–Kier alpha value is -1.11. The molecule has 2 N–H and O–H groups in total. The molecule has 0 radical (unpaired) electrons. The van der Waals surface area contributed by atoms with Gasteiger partial charge in [0.25, 0.3) is 5.91 Å². The number of hydrogen-bond acceptors (Lipinski definition) is 4. The number of halogens is 1. The van der Waals surface area contributed by atoms with Crippen LogP contribution < -0.4 is 5.32 Å². The number of carbonyl (C=O) groups is 2. The highest BCUT2D eigenvalue weighted by atomic mass is 35.5. The molecule has 0 bridgehead atoms. The molecule has 2 atom stereocenters. The molecule has 1 aliphatic rings. The van der Waals surface area contributed by atoms with Crippen molar-refractivity contribution in [2.24, 2.45) is 5.92 Å². The molecule has 1 fully saturated rings. The van der Waals surface area contributed by atoms with Crippen molar-refractivity contribution in [1.29, 1.82) is 0 Å². The predicted molar refractivity (Wildman–Crippen MR) is 62.5 cm³/mol. The zero-order valence-corrected chi connectivity index (χ0v) is 10.3. The second-order valence-electron chi connectivity index (χ2n) is 3.67. The number of thiophene rings is 1. The van der Waals surface area contributed by atoms with Gasteiger partial charge in [-0.05, 0) is 12.1 Å². The molecule has 0 unspecified atom stereocenters. The number of nitrogens with one attached hydrogen (secondary N) is 1. The van der Waals surface area contributed by atoms with E-state index in [0.29, 0.717) is 9.21 Å². The van der Waals surface area contributed by atoms with Gasteiger partial charge in [-0.1, -0.05) is 11.6 Å². The van der Waals surface area contributed by atoms with Gasteiger partial charge in [0.15, 0.2) is 0 Å². The number of carboxylic acid groups (broad SMARTS) is 1. The van der Waals surface area contributed by atoms with E-state index in [2.05, 4.69) is 5.32 Å². The summed E-state index contributed by atoms with van der Waals surface area (Å²) in [6, 6.07) is 2.75. The highest BCUT2D eigenvalue weighted by molar-refractivity contribution is 7.17. The molecule has 0 aromatic carbocycles. The smallest absolute Gasteiger partial charge is 0.311 e. The van der Waals surface area contributed by atoms with Crippen molar-refractivity contribution in [2.45, 2.75) is 6.04 Å². The van der Waals surface area contributed by atoms with E-state index in [9.17, 15) is 9.59 Å². The molecule has 1 saturated heterocycles. The maximum Gasteiger partial charge on any atom is 0.311 e. The first-order valence-electron chi connectivity index (χ1n) is 4.94. The van der Waals surface area contributed by atoms with Gasteiger partial charge in [-0.3, -0.25) is 9.59 Å². The molecule has 2 rings (SSSR count). The Morgan fingerprint density at radius 3 is 2.82 bits per heavy atom. The van der Waals surface area contributed by atoms with Gasteiger partial charge in [-0.15, -0.1) is 11.3 Å². The van der Waals surface area contributed by atoms with Crippen LogP contribution in [0.1, 0.15) is 9.67 Å². The summed E-state index contributed by atoms with van der Waals surface area (Å²) in [6.45, 7) is 0.354. The van der Waals surface area contributed by atoms with Crippen molar-refractivity contribution in [3.63, 3.8) is 0 Å². The Morgan fingerprint density at radius 1 is 1.47 bits per heavy atom. The summed E-state index contributed by atoms with van der Waals surface area (Å²) in [4.78, 5) is 23.1. The average Bonchev–Trinajstić information content (AvgIpc) is 2.86. The van der Waals surface area contributed by atoms with Crippen LogP contribution in [0, 0.1) is 5.92 Å². The van der Waals surface area contributed by atoms with E-state index in [1.54, 1.807) is 12.1 Å². The number of rotatable bonds is 3. The first-order chi connectivity index (χ1) is 8.08. The van der Waals surface area contributed by atoms with E-state index in [-0.39, 0.29) is 19.1 Å². The lowest BCUT2D eigenvalue weighted by atomic mass is 10.0. The molecular formula is C10H10ClNO4S. The molecule has 0 spiro atoms. The Bertz CT molecular complexity index is 447. The molecule has 7 heteroatoms. The molecule has 1 aromatic rings. The summed E-state index contributed by atoms with van der Waals surface area (Å²) in [6.07, 6.45) is 0. The highest BCUT2D eigenvalue weighted by Crippen LogP contribution is 2.22. The van der Waals surface area contributed by atoms with E-state index in [1.165, 1.54) is 0 Å². The van der Waals surface area contributed by atoms with Crippen LogP contribution in [-0.2, 0) is 9.53 Å². The van der Waals surface area contributed by atoms with Crippen LogP contribution in [0.5, 0.6) is 0 Å². The van der Waals surface area contributed by atoms with Crippen molar-refractivity contribution in [3.8, 4) is 0 Å². The topological polar surface area (TPSA) is 75.6 Å². The number of amides is 1. The molecule has 92 valence electrons.